The maximum Gasteiger partial charge on any atom is 0.188 e. The predicted octanol–water partition coefficient (Wildman–Crippen LogP) is 2.20. The smallest absolute Gasteiger partial charge is 0.188 e. The molecule has 4 heteroatoms. The van der Waals surface area contributed by atoms with E-state index in [0.717, 1.165) is 26.1 Å². The Kier molecular flexibility index (Phi) is 6.63. The highest BCUT2D eigenvalue weighted by Crippen LogP contribution is 2.19. The lowest BCUT2D eigenvalue weighted by Gasteiger charge is -2.21. The molecule has 1 saturated heterocycles. The van der Waals surface area contributed by atoms with Crippen molar-refractivity contribution in [1.29, 1.82) is 0 Å². The summed E-state index contributed by atoms with van der Waals surface area (Å²) in [6, 6.07) is 0.597. The second kappa shape index (κ2) is 7.73. The largest absolute Gasteiger partial charge is 0.370 e. The molecule has 1 aliphatic heterocycles. The second-order valence-electron chi connectivity index (χ2n) is 6.74. The summed E-state index contributed by atoms with van der Waals surface area (Å²) in [6.07, 6.45) is 4.91. The fourth-order valence-electron chi connectivity index (χ4n) is 2.61. The molecule has 1 atom stereocenters. The molecule has 0 amide bonds. The highest BCUT2D eigenvalue weighted by Gasteiger charge is 2.22. The molecule has 1 rings (SSSR count). The minimum absolute atomic E-state index is 0.402. The third-order valence-electron chi connectivity index (χ3n) is 3.79. The molecule has 4 nitrogen and oxygen atoms in total. The molecule has 0 aliphatic carbocycles. The van der Waals surface area contributed by atoms with Crippen molar-refractivity contribution in [3.8, 4) is 0 Å². The van der Waals surface area contributed by atoms with E-state index in [4.69, 9.17) is 5.73 Å². The molecule has 1 aliphatic rings. The Morgan fingerprint density at radius 2 is 2.16 bits per heavy atom. The lowest BCUT2D eigenvalue weighted by Crippen LogP contribution is -2.36. The summed E-state index contributed by atoms with van der Waals surface area (Å²) in [6.45, 7) is 13.1. The number of rotatable bonds is 6. The summed E-state index contributed by atoms with van der Waals surface area (Å²) >= 11 is 0. The summed E-state index contributed by atoms with van der Waals surface area (Å²) in [5.74, 6) is 0.608. The van der Waals surface area contributed by atoms with Gasteiger partial charge in [-0.25, -0.2) is 0 Å². The Morgan fingerprint density at radius 1 is 1.42 bits per heavy atom. The van der Waals surface area contributed by atoms with Crippen molar-refractivity contribution in [2.45, 2.75) is 59.4 Å². The molecule has 0 radical (unpaired) electrons. The van der Waals surface area contributed by atoms with Gasteiger partial charge in [-0.2, -0.15) is 0 Å². The molecule has 0 spiro atoms. The van der Waals surface area contributed by atoms with Crippen molar-refractivity contribution >= 4 is 5.96 Å². The monoisotopic (exact) mass is 268 g/mol. The molecule has 19 heavy (non-hydrogen) atoms. The van der Waals surface area contributed by atoms with Gasteiger partial charge in [0.15, 0.2) is 5.96 Å². The number of guanidine groups is 1. The molecular formula is C15H32N4. The van der Waals surface area contributed by atoms with E-state index >= 15 is 0 Å². The number of hydrogen-bond donors (Lipinski definition) is 2. The van der Waals surface area contributed by atoms with Gasteiger partial charge in [-0.1, -0.05) is 27.7 Å². The third kappa shape index (κ3) is 6.81. The SMILES string of the molecule is CCN1CCCC1CN=C(N)NCCCC(C)(C)C. The Bertz CT molecular complexity index is 280. The highest BCUT2D eigenvalue weighted by molar-refractivity contribution is 5.77. The van der Waals surface area contributed by atoms with E-state index in [0.29, 0.717) is 17.4 Å². The molecule has 0 aromatic rings. The summed E-state index contributed by atoms with van der Waals surface area (Å²) in [4.78, 5) is 6.98. The summed E-state index contributed by atoms with van der Waals surface area (Å²) in [5, 5.41) is 3.22. The average molecular weight is 268 g/mol. The zero-order valence-electron chi connectivity index (χ0n) is 13.2. The average Bonchev–Trinajstić information content (AvgIpc) is 2.78. The first kappa shape index (κ1) is 16.3. The van der Waals surface area contributed by atoms with Crippen LogP contribution in [0.5, 0.6) is 0 Å². The zero-order valence-corrected chi connectivity index (χ0v) is 13.2. The molecule has 0 saturated carbocycles. The molecular weight excluding hydrogens is 236 g/mol. The molecule has 1 fully saturated rings. The van der Waals surface area contributed by atoms with E-state index < -0.39 is 0 Å². The maximum atomic E-state index is 5.91. The van der Waals surface area contributed by atoms with Gasteiger partial charge in [-0.15, -0.1) is 0 Å². The minimum atomic E-state index is 0.402. The van der Waals surface area contributed by atoms with Crippen LogP contribution >= 0.6 is 0 Å². The zero-order chi connectivity index (χ0) is 14.3. The van der Waals surface area contributed by atoms with E-state index in [1.807, 2.05) is 0 Å². The first-order valence-corrected chi connectivity index (χ1v) is 7.70. The van der Waals surface area contributed by atoms with Crippen LogP contribution in [0, 0.1) is 5.41 Å². The molecule has 1 unspecified atom stereocenters. The van der Waals surface area contributed by atoms with Crippen LogP contribution in [0.2, 0.25) is 0 Å². The van der Waals surface area contributed by atoms with Crippen molar-refractivity contribution < 1.29 is 0 Å². The van der Waals surface area contributed by atoms with Crippen LogP contribution in [-0.2, 0) is 0 Å². The quantitative estimate of drug-likeness (QED) is 0.441. The number of likely N-dealkylation sites (tertiary alicyclic amines) is 1. The molecule has 3 N–H and O–H groups in total. The number of nitrogens with two attached hydrogens (primary N) is 1. The fourth-order valence-corrected chi connectivity index (χ4v) is 2.61. The summed E-state index contributed by atoms with van der Waals surface area (Å²) < 4.78 is 0. The summed E-state index contributed by atoms with van der Waals surface area (Å²) in [5.41, 5.74) is 6.31. The van der Waals surface area contributed by atoms with Gasteiger partial charge < -0.3 is 11.1 Å². The van der Waals surface area contributed by atoms with Crippen LogP contribution < -0.4 is 11.1 Å². The Hall–Kier alpha value is -0.770. The van der Waals surface area contributed by atoms with Crippen molar-refractivity contribution in [2.75, 3.05) is 26.2 Å². The van der Waals surface area contributed by atoms with E-state index in [1.165, 1.54) is 25.8 Å². The predicted molar refractivity (Wildman–Crippen MR) is 83.5 cm³/mol. The number of aliphatic imine (C=N–C) groups is 1. The van der Waals surface area contributed by atoms with E-state index in [2.05, 4.69) is 42.9 Å². The second-order valence-corrected chi connectivity index (χ2v) is 6.74. The minimum Gasteiger partial charge on any atom is -0.370 e. The van der Waals surface area contributed by atoms with Gasteiger partial charge in [-0.3, -0.25) is 9.89 Å². The maximum absolute atomic E-state index is 5.91. The number of nitrogens with zero attached hydrogens (tertiary/aromatic N) is 2. The topological polar surface area (TPSA) is 53.6 Å². The highest BCUT2D eigenvalue weighted by atomic mass is 15.2. The standard InChI is InChI=1S/C15H32N4/c1-5-19-11-6-8-13(19)12-18-14(16)17-10-7-9-15(2,3)4/h13H,5-12H2,1-4H3,(H3,16,17,18). The molecule has 1 heterocycles. The van der Waals surface area contributed by atoms with Crippen LogP contribution in [0.3, 0.4) is 0 Å². The van der Waals surface area contributed by atoms with Crippen LogP contribution in [-0.4, -0.2) is 43.1 Å². The lowest BCUT2D eigenvalue weighted by atomic mass is 9.91. The number of nitrogens with one attached hydrogen (secondary N) is 1. The van der Waals surface area contributed by atoms with Gasteiger partial charge >= 0.3 is 0 Å². The fraction of sp³-hybridized carbons (Fsp3) is 0.933. The molecule has 0 bridgehead atoms. The molecule has 0 aromatic carbocycles. The van der Waals surface area contributed by atoms with Gasteiger partial charge in [0.1, 0.15) is 0 Å². The summed E-state index contributed by atoms with van der Waals surface area (Å²) in [7, 11) is 0. The van der Waals surface area contributed by atoms with Crippen LogP contribution in [0.1, 0.15) is 53.4 Å². The number of hydrogen-bond acceptors (Lipinski definition) is 2. The van der Waals surface area contributed by atoms with E-state index in [1.54, 1.807) is 0 Å². The van der Waals surface area contributed by atoms with Gasteiger partial charge in [0.2, 0.25) is 0 Å². The Balaban J connectivity index is 2.18. The van der Waals surface area contributed by atoms with Crippen LogP contribution in [0.15, 0.2) is 4.99 Å². The normalized spacial score (nSPS) is 21.9. The first-order valence-electron chi connectivity index (χ1n) is 7.70. The van der Waals surface area contributed by atoms with E-state index in [9.17, 15) is 0 Å². The first-order chi connectivity index (χ1) is 8.92. The van der Waals surface area contributed by atoms with Crippen molar-refractivity contribution in [3.63, 3.8) is 0 Å². The Morgan fingerprint density at radius 3 is 2.79 bits per heavy atom. The lowest BCUT2D eigenvalue weighted by molar-refractivity contribution is 0.273. The number of likely N-dealkylation sites (N-methyl/N-ethyl adjacent to an activating group) is 1. The van der Waals surface area contributed by atoms with Crippen LogP contribution in [0.4, 0.5) is 0 Å². The molecule has 0 aromatic heterocycles. The molecule has 112 valence electrons. The van der Waals surface area contributed by atoms with Crippen molar-refractivity contribution in [3.05, 3.63) is 0 Å². The van der Waals surface area contributed by atoms with Crippen molar-refractivity contribution in [2.24, 2.45) is 16.1 Å². The Labute approximate surface area is 118 Å². The van der Waals surface area contributed by atoms with Crippen LogP contribution in [0.25, 0.3) is 0 Å². The van der Waals surface area contributed by atoms with Gasteiger partial charge in [0.05, 0.1) is 6.54 Å². The van der Waals surface area contributed by atoms with Crippen molar-refractivity contribution in [1.82, 2.24) is 10.2 Å². The third-order valence-corrected chi connectivity index (χ3v) is 3.79. The van der Waals surface area contributed by atoms with Gasteiger partial charge in [0, 0.05) is 12.6 Å². The van der Waals surface area contributed by atoms with Gasteiger partial charge in [-0.05, 0) is 44.2 Å². The van der Waals surface area contributed by atoms with Gasteiger partial charge in [0.25, 0.3) is 0 Å². The van der Waals surface area contributed by atoms with E-state index in [-0.39, 0.29) is 0 Å².